The third-order valence-corrected chi connectivity index (χ3v) is 7.78. The van der Waals surface area contributed by atoms with Gasteiger partial charge in [0.2, 0.25) is 0 Å². The molecule has 0 bridgehead atoms. The second-order valence-corrected chi connectivity index (χ2v) is 10.2. The fourth-order valence-electron chi connectivity index (χ4n) is 3.68. The Bertz CT molecular complexity index is 752. The molecule has 0 amide bonds. The molecule has 27 heavy (non-hydrogen) atoms. The van der Waals surface area contributed by atoms with Gasteiger partial charge in [-0.05, 0) is 55.8 Å². The lowest BCUT2D eigenvalue weighted by Crippen LogP contribution is -2.48. The minimum absolute atomic E-state index is 0.00289. The Morgan fingerprint density at radius 2 is 1.96 bits per heavy atom. The fourth-order valence-corrected chi connectivity index (χ4v) is 6.47. The van der Waals surface area contributed by atoms with Gasteiger partial charge in [0.1, 0.15) is 5.75 Å². The number of nitrogens with zero attached hydrogens (tertiary/aromatic N) is 1. The summed E-state index contributed by atoms with van der Waals surface area (Å²) in [5, 5.41) is 6.32. The SMILES string of the molecule is COc1ccc([C@H](CNC(=S)N[C@H]2CS(=O)(=O)C[C@H]2Cl)N2CCCC2)cc1. The number of methoxy groups -OCH3 is 1. The third-order valence-electron chi connectivity index (χ3n) is 5.14. The van der Waals surface area contributed by atoms with Crippen molar-refractivity contribution in [2.45, 2.75) is 30.3 Å². The standard InChI is InChI=1S/C18H26ClN3O3S2/c1-25-14-6-4-13(5-7-14)17(22-8-2-3-9-22)10-20-18(26)21-16-12-27(23,24)11-15(16)19/h4-7,15-17H,2-3,8-12H2,1H3,(H2,20,21,26)/t15-,16+,17+/m1/s1. The van der Waals surface area contributed by atoms with Crippen LogP contribution in [-0.4, -0.2) is 68.1 Å². The highest BCUT2D eigenvalue weighted by atomic mass is 35.5. The molecule has 2 N–H and O–H groups in total. The van der Waals surface area contributed by atoms with Gasteiger partial charge in [-0.3, -0.25) is 4.90 Å². The van der Waals surface area contributed by atoms with Gasteiger partial charge in [0.25, 0.3) is 0 Å². The highest BCUT2D eigenvalue weighted by Gasteiger charge is 2.36. The van der Waals surface area contributed by atoms with Crippen molar-refractivity contribution >= 4 is 38.8 Å². The van der Waals surface area contributed by atoms with E-state index in [1.165, 1.54) is 18.4 Å². The highest BCUT2D eigenvalue weighted by Crippen LogP contribution is 2.26. The van der Waals surface area contributed by atoms with Gasteiger partial charge in [-0.25, -0.2) is 8.42 Å². The van der Waals surface area contributed by atoms with Crippen LogP contribution in [0.3, 0.4) is 0 Å². The lowest BCUT2D eigenvalue weighted by molar-refractivity contribution is 0.245. The first-order chi connectivity index (χ1) is 12.9. The number of sulfone groups is 1. The second kappa shape index (κ2) is 8.94. The first-order valence-electron chi connectivity index (χ1n) is 9.15. The van der Waals surface area contributed by atoms with Crippen molar-refractivity contribution < 1.29 is 13.2 Å². The first kappa shape index (κ1) is 20.6. The molecule has 2 fully saturated rings. The number of alkyl halides is 1. The van der Waals surface area contributed by atoms with Gasteiger partial charge >= 0.3 is 0 Å². The van der Waals surface area contributed by atoms with Crippen molar-refractivity contribution in [3.05, 3.63) is 29.8 Å². The Balaban J connectivity index is 1.61. The zero-order valence-electron chi connectivity index (χ0n) is 15.4. The Hall–Kier alpha value is -1.09. The first-order valence-corrected chi connectivity index (χ1v) is 11.8. The number of rotatable bonds is 6. The van der Waals surface area contributed by atoms with Crippen molar-refractivity contribution in [3.8, 4) is 5.75 Å². The van der Waals surface area contributed by atoms with Crippen LogP contribution in [0.4, 0.5) is 0 Å². The summed E-state index contributed by atoms with van der Waals surface area (Å²) in [6, 6.07) is 7.95. The van der Waals surface area contributed by atoms with Gasteiger partial charge in [0.05, 0.1) is 36.1 Å². The molecule has 0 unspecified atom stereocenters. The minimum Gasteiger partial charge on any atom is -0.497 e. The largest absolute Gasteiger partial charge is 0.497 e. The van der Waals surface area contributed by atoms with Crippen LogP contribution in [0, 0.1) is 0 Å². The molecule has 9 heteroatoms. The molecule has 6 nitrogen and oxygen atoms in total. The van der Waals surface area contributed by atoms with E-state index in [9.17, 15) is 8.42 Å². The van der Waals surface area contributed by atoms with Crippen LogP contribution >= 0.6 is 23.8 Å². The molecule has 1 aromatic rings. The average Bonchev–Trinajstić information content (AvgIpc) is 3.23. The predicted molar refractivity (Wildman–Crippen MR) is 112 cm³/mol. The van der Waals surface area contributed by atoms with Crippen molar-refractivity contribution in [2.24, 2.45) is 0 Å². The number of likely N-dealkylation sites (tertiary alicyclic amines) is 1. The van der Waals surface area contributed by atoms with E-state index in [-0.39, 0.29) is 23.6 Å². The molecule has 2 saturated heterocycles. The maximum atomic E-state index is 11.7. The number of thiocarbonyl (C=S) groups is 1. The summed E-state index contributed by atoms with van der Waals surface area (Å²) in [6.45, 7) is 2.76. The van der Waals surface area contributed by atoms with Crippen molar-refractivity contribution in [1.82, 2.24) is 15.5 Å². The number of hydrogen-bond acceptors (Lipinski definition) is 5. The van der Waals surface area contributed by atoms with Crippen LogP contribution in [0.1, 0.15) is 24.4 Å². The van der Waals surface area contributed by atoms with E-state index >= 15 is 0 Å². The summed E-state index contributed by atoms with van der Waals surface area (Å²) in [5.41, 5.74) is 1.20. The molecule has 2 aliphatic heterocycles. The molecule has 3 rings (SSSR count). The lowest BCUT2D eigenvalue weighted by atomic mass is 10.1. The van der Waals surface area contributed by atoms with Gasteiger partial charge in [0, 0.05) is 6.54 Å². The van der Waals surface area contributed by atoms with E-state index in [0.29, 0.717) is 11.7 Å². The Kier molecular flexibility index (Phi) is 6.83. The van der Waals surface area contributed by atoms with E-state index in [4.69, 9.17) is 28.6 Å². The van der Waals surface area contributed by atoms with Crippen LogP contribution in [0.2, 0.25) is 0 Å². The summed E-state index contributed by atoms with van der Waals surface area (Å²) in [6.07, 6.45) is 2.40. The van der Waals surface area contributed by atoms with E-state index in [0.717, 1.165) is 18.8 Å². The van der Waals surface area contributed by atoms with Crippen LogP contribution in [0.15, 0.2) is 24.3 Å². The molecule has 3 atom stereocenters. The maximum absolute atomic E-state index is 11.7. The van der Waals surface area contributed by atoms with Crippen molar-refractivity contribution in [1.29, 1.82) is 0 Å². The van der Waals surface area contributed by atoms with E-state index in [1.807, 2.05) is 12.1 Å². The smallest absolute Gasteiger partial charge is 0.166 e. The summed E-state index contributed by atoms with van der Waals surface area (Å²) in [4.78, 5) is 2.45. The Labute approximate surface area is 171 Å². The minimum atomic E-state index is -3.09. The van der Waals surface area contributed by atoms with E-state index < -0.39 is 15.2 Å². The van der Waals surface area contributed by atoms with Gasteiger partial charge < -0.3 is 15.4 Å². The van der Waals surface area contributed by atoms with Gasteiger partial charge in [-0.15, -0.1) is 11.6 Å². The molecular formula is C18H26ClN3O3S2. The van der Waals surface area contributed by atoms with Crippen LogP contribution in [-0.2, 0) is 9.84 Å². The quantitative estimate of drug-likeness (QED) is 0.524. The summed E-state index contributed by atoms with van der Waals surface area (Å²) >= 11 is 11.5. The zero-order valence-corrected chi connectivity index (χ0v) is 17.7. The summed E-state index contributed by atoms with van der Waals surface area (Å²) < 4.78 is 28.7. The molecule has 2 aliphatic rings. The summed E-state index contributed by atoms with van der Waals surface area (Å²) in [5.74, 6) is 0.855. The average molecular weight is 432 g/mol. The Morgan fingerprint density at radius 1 is 1.30 bits per heavy atom. The molecule has 150 valence electrons. The van der Waals surface area contributed by atoms with Crippen molar-refractivity contribution in [3.63, 3.8) is 0 Å². The van der Waals surface area contributed by atoms with Gasteiger partial charge in [-0.2, -0.15) is 0 Å². The van der Waals surface area contributed by atoms with Crippen molar-refractivity contribution in [2.75, 3.05) is 38.2 Å². The van der Waals surface area contributed by atoms with Crippen LogP contribution < -0.4 is 15.4 Å². The normalized spacial score (nSPS) is 25.9. The number of benzene rings is 1. The predicted octanol–water partition coefficient (Wildman–Crippen LogP) is 1.70. The monoisotopic (exact) mass is 431 g/mol. The molecule has 0 aliphatic carbocycles. The fraction of sp³-hybridized carbons (Fsp3) is 0.611. The van der Waals surface area contributed by atoms with E-state index in [1.54, 1.807) is 7.11 Å². The second-order valence-electron chi connectivity index (χ2n) is 7.09. The zero-order chi connectivity index (χ0) is 19.4. The molecular weight excluding hydrogens is 406 g/mol. The number of halogens is 1. The van der Waals surface area contributed by atoms with Gasteiger partial charge in [-0.1, -0.05) is 12.1 Å². The number of hydrogen-bond donors (Lipinski definition) is 2. The topological polar surface area (TPSA) is 70.7 Å². The lowest BCUT2D eigenvalue weighted by Gasteiger charge is -2.29. The maximum Gasteiger partial charge on any atom is 0.166 e. The summed E-state index contributed by atoms with van der Waals surface area (Å²) in [7, 11) is -1.43. The van der Waals surface area contributed by atoms with Crippen LogP contribution in [0.25, 0.3) is 0 Å². The Morgan fingerprint density at radius 3 is 2.52 bits per heavy atom. The number of ether oxygens (including phenoxy) is 1. The van der Waals surface area contributed by atoms with Crippen LogP contribution in [0.5, 0.6) is 5.75 Å². The van der Waals surface area contributed by atoms with E-state index in [2.05, 4.69) is 27.7 Å². The molecule has 0 radical (unpaired) electrons. The molecule has 2 heterocycles. The third kappa shape index (κ3) is 5.47. The molecule has 0 spiro atoms. The molecule has 0 saturated carbocycles. The molecule has 0 aromatic heterocycles. The van der Waals surface area contributed by atoms with Gasteiger partial charge in [0.15, 0.2) is 14.9 Å². The molecule has 1 aromatic carbocycles. The number of nitrogens with one attached hydrogen (secondary N) is 2. The highest BCUT2D eigenvalue weighted by molar-refractivity contribution is 7.91.